The highest BCUT2D eigenvalue weighted by molar-refractivity contribution is 5.70. The second-order valence-corrected chi connectivity index (χ2v) is 5.11. The molecule has 0 radical (unpaired) electrons. The van der Waals surface area contributed by atoms with Crippen LogP contribution in [-0.2, 0) is 4.74 Å². The fraction of sp³-hybridized carbons (Fsp3) is 0.235. The lowest BCUT2D eigenvalue weighted by Gasteiger charge is -2.07. The van der Waals surface area contributed by atoms with Crippen molar-refractivity contribution in [1.29, 1.82) is 0 Å². The molecular formula is C17H18N4O2. The van der Waals surface area contributed by atoms with E-state index in [-0.39, 0.29) is 0 Å². The van der Waals surface area contributed by atoms with Gasteiger partial charge in [0.15, 0.2) is 0 Å². The Kier molecular flexibility index (Phi) is 4.63. The molecule has 118 valence electrons. The summed E-state index contributed by atoms with van der Waals surface area (Å²) in [6.45, 7) is 3.28. The average molecular weight is 310 g/mol. The van der Waals surface area contributed by atoms with Gasteiger partial charge in [-0.15, -0.1) is 0 Å². The minimum atomic E-state index is 0.439. The number of aromatic nitrogens is 3. The van der Waals surface area contributed by atoms with Crippen LogP contribution in [-0.4, -0.2) is 35.4 Å². The predicted molar refractivity (Wildman–Crippen MR) is 88.1 cm³/mol. The van der Waals surface area contributed by atoms with Gasteiger partial charge in [-0.1, -0.05) is 35.0 Å². The number of rotatable bonds is 6. The first-order chi connectivity index (χ1) is 11.3. The normalized spacial score (nSPS) is 10.7. The standard InChI is InChI=1S/C17H18N4O2/c1-12-5-7-13(8-6-12)15-20-17(23-21-15)14-4-3-9-18-16(14)19-10-11-22-2/h3-9H,10-11H2,1-2H3,(H,18,19). The fourth-order valence-corrected chi connectivity index (χ4v) is 2.14. The van der Waals surface area contributed by atoms with Crippen molar-refractivity contribution in [1.82, 2.24) is 15.1 Å². The van der Waals surface area contributed by atoms with Crippen molar-refractivity contribution in [2.75, 3.05) is 25.6 Å². The van der Waals surface area contributed by atoms with Crippen LogP contribution in [0.5, 0.6) is 0 Å². The number of nitrogens with one attached hydrogen (secondary N) is 1. The molecule has 0 aliphatic heterocycles. The molecule has 6 heteroatoms. The Morgan fingerprint density at radius 2 is 2.00 bits per heavy atom. The van der Waals surface area contributed by atoms with E-state index >= 15 is 0 Å². The number of aryl methyl sites for hydroxylation is 1. The molecule has 2 heterocycles. The summed E-state index contributed by atoms with van der Waals surface area (Å²) in [7, 11) is 1.66. The van der Waals surface area contributed by atoms with Gasteiger partial charge in [-0.2, -0.15) is 4.98 Å². The largest absolute Gasteiger partial charge is 0.383 e. The maximum atomic E-state index is 5.41. The number of methoxy groups -OCH3 is 1. The van der Waals surface area contributed by atoms with Gasteiger partial charge >= 0.3 is 0 Å². The van der Waals surface area contributed by atoms with Gasteiger partial charge in [0, 0.05) is 25.4 Å². The molecule has 1 N–H and O–H groups in total. The van der Waals surface area contributed by atoms with Gasteiger partial charge < -0.3 is 14.6 Å². The van der Waals surface area contributed by atoms with Crippen molar-refractivity contribution in [3.63, 3.8) is 0 Å². The number of benzene rings is 1. The van der Waals surface area contributed by atoms with Gasteiger partial charge in [0.2, 0.25) is 5.82 Å². The second-order valence-electron chi connectivity index (χ2n) is 5.11. The molecule has 1 aromatic carbocycles. The van der Waals surface area contributed by atoms with E-state index in [1.54, 1.807) is 13.3 Å². The molecule has 3 rings (SSSR count). The SMILES string of the molecule is COCCNc1ncccc1-c1nc(-c2ccc(C)cc2)no1. The molecular weight excluding hydrogens is 292 g/mol. The lowest BCUT2D eigenvalue weighted by Crippen LogP contribution is -2.09. The van der Waals surface area contributed by atoms with Crippen molar-refractivity contribution in [3.8, 4) is 22.8 Å². The number of pyridine rings is 1. The first kappa shape index (κ1) is 15.2. The van der Waals surface area contributed by atoms with Crippen LogP contribution in [0.3, 0.4) is 0 Å². The van der Waals surface area contributed by atoms with Crippen molar-refractivity contribution >= 4 is 5.82 Å². The van der Waals surface area contributed by atoms with E-state index in [0.29, 0.717) is 30.7 Å². The fourth-order valence-electron chi connectivity index (χ4n) is 2.14. The Bertz CT molecular complexity index is 768. The average Bonchev–Trinajstić information content (AvgIpc) is 3.06. The quantitative estimate of drug-likeness (QED) is 0.705. The Morgan fingerprint density at radius 3 is 2.78 bits per heavy atom. The molecule has 3 aromatic rings. The van der Waals surface area contributed by atoms with E-state index in [2.05, 4.69) is 20.4 Å². The van der Waals surface area contributed by atoms with Crippen LogP contribution in [0.2, 0.25) is 0 Å². The molecule has 0 fully saturated rings. The highest BCUT2D eigenvalue weighted by Crippen LogP contribution is 2.26. The summed E-state index contributed by atoms with van der Waals surface area (Å²) in [4.78, 5) is 8.81. The Morgan fingerprint density at radius 1 is 1.17 bits per heavy atom. The summed E-state index contributed by atoms with van der Waals surface area (Å²) in [5.74, 6) is 1.70. The number of anilines is 1. The maximum Gasteiger partial charge on any atom is 0.261 e. The molecule has 0 aliphatic carbocycles. The molecule has 0 unspecified atom stereocenters. The summed E-state index contributed by atoms with van der Waals surface area (Å²) in [6.07, 6.45) is 1.72. The predicted octanol–water partition coefficient (Wildman–Crippen LogP) is 3.17. The molecule has 0 amide bonds. The number of ether oxygens (including phenoxy) is 1. The van der Waals surface area contributed by atoms with Gasteiger partial charge in [0.05, 0.1) is 12.2 Å². The van der Waals surface area contributed by atoms with E-state index in [0.717, 1.165) is 11.1 Å². The Labute approximate surface area is 134 Å². The van der Waals surface area contributed by atoms with Crippen molar-refractivity contribution in [2.24, 2.45) is 0 Å². The van der Waals surface area contributed by atoms with E-state index in [4.69, 9.17) is 9.26 Å². The van der Waals surface area contributed by atoms with E-state index in [9.17, 15) is 0 Å². The zero-order valence-electron chi connectivity index (χ0n) is 13.1. The van der Waals surface area contributed by atoms with Crippen molar-refractivity contribution < 1.29 is 9.26 Å². The van der Waals surface area contributed by atoms with Gasteiger partial charge in [-0.25, -0.2) is 4.98 Å². The van der Waals surface area contributed by atoms with E-state index in [1.165, 1.54) is 5.56 Å². The molecule has 0 saturated carbocycles. The van der Waals surface area contributed by atoms with Gasteiger partial charge in [-0.05, 0) is 19.1 Å². The highest BCUT2D eigenvalue weighted by atomic mass is 16.5. The van der Waals surface area contributed by atoms with Crippen LogP contribution in [0.25, 0.3) is 22.8 Å². The molecule has 6 nitrogen and oxygen atoms in total. The van der Waals surface area contributed by atoms with E-state index < -0.39 is 0 Å². The van der Waals surface area contributed by atoms with Crippen LogP contribution in [0.4, 0.5) is 5.82 Å². The molecule has 0 spiro atoms. The third kappa shape index (κ3) is 3.54. The first-order valence-corrected chi connectivity index (χ1v) is 7.37. The number of hydrogen-bond donors (Lipinski definition) is 1. The lowest BCUT2D eigenvalue weighted by molar-refractivity contribution is 0.210. The summed E-state index contributed by atoms with van der Waals surface area (Å²) in [6, 6.07) is 11.7. The molecule has 0 atom stereocenters. The van der Waals surface area contributed by atoms with Crippen LogP contribution in [0.1, 0.15) is 5.56 Å². The van der Waals surface area contributed by atoms with Crippen LogP contribution in [0.15, 0.2) is 47.1 Å². The maximum absolute atomic E-state index is 5.41. The van der Waals surface area contributed by atoms with Crippen molar-refractivity contribution in [3.05, 3.63) is 48.2 Å². The molecule has 0 saturated heterocycles. The van der Waals surface area contributed by atoms with Gasteiger partial charge in [0.1, 0.15) is 5.82 Å². The number of nitrogens with zero attached hydrogens (tertiary/aromatic N) is 3. The summed E-state index contributed by atoms with van der Waals surface area (Å²) in [5, 5.41) is 7.27. The third-order valence-corrected chi connectivity index (χ3v) is 3.37. The molecule has 0 bridgehead atoms. The summed E-state index contributed by atoms with van der Waals surface area (Å²) < 4.78 is 10.4. The van der Waals surface area contributed by atoms with Crippen LogP contribution in [0, 0.1) is 6.92 Å². The minimum Gasteiger partial charge on any atom is -0.383 e. The van der Waals surface area contributed by atoms with Gasteiger partial charge in [-0.3, -0.25) is 0 Å². The smallest absolute Gasteiger partial charge is 0.261 e. The minimum absolute atomic E-state index is 0.439. The monoisotopic (exact) mass is 310 g/mol. The van der Waals surface area contributed by atoms with Crippen LogP contribution >= 0.6 is 0 Å². The first-order valence-electron chi connectivity index (χ1n) is 7.37. The second kappa shape index (κ2) is 7.02. The summed E-state index contributed by atoms with van der Waals surface area (Å²) >= 11 is 0. The lowest BCUT2D eigenvalue weighted by atomic mass is 10.1. The molecule has 2 aromatic heterocycles. The third-order valence-electron chi connectivity index (χ3n) is 3.37. The topological polar surface area (TPSA) is 73.1 Å². The Hall–Kier alpha value is -2.73. The zero-order valence-corrected chi connectivity index (χ0v) is 13.1. The van der Waals surface area contributed by atoms with Gasteiger partial charge in [0.25, 0.3) is 5.89 Å². The highest BCUT2D eigenvalue weighted by Gasteiger charge is 2.14. The van der Waals surface area contributed by atoms with Crippen LogP contribution < -0.4 is 5.32 Å². The molecule has 23 heavy (non-hydrogen) atoms. The number of hydrogen-bond acceptors (Lipinski definition) is 6. The molecule has 0 aliphatic rings. The van der Waals surface area contributed by atoms with E-state index in [1.807, 2.05) is 43.3 Å². The van der Waals surface area contributed by atoms with Crippen molar-refractivity contribution in [2.45, 2.75) is 6.92 Å². The zero-order chi connectivity index (χ0) is 16.1. The Balaban J connectivity index is 1.87. The summed E-state index contributed by atoms with van der Waals surface area (Å²) in [5.41, 5.74) is 2.88.